The van der Waals surface area contributed by atoms with Gasteiger partial charge in [0.15, 0.2) is 5.76 Å². The van der Waals surface area contributed by atoms with Crippen LogP contribution in [0.4, 0.5) is 10.1 Å². The van der Waals surface area contributed by atoms with Crippen LogP contribution in [0.1, 0.15) is 11.6 Å². The quantitative estimate of drug-likeness (QED) is 0.773. The molecule has 3 aromatic rings. The van der Waals surface area contributed by atoms with Crippen LogP contribution >= 0.6 is 0 Å². The van der Waals surface area contributed by atoms with Crippen molar-refractivity contribution in [2.75, 3.05) is 11.4 Å². The van der Waals surface area contributed by atoms with Gasteiger partial charge in [-0.05, 0) is 24.3 Å². The molecule has 0 amide bonds. The molecule has 3 heterocycles. The fourth-order valence-electron chi connectivity index (χ4n) is 3.22. The molecule has 7 nitrogen and oxygen atoms in total. The Morgan fingerprint density at radius 2 is 2.12 bits per heavy atom. The summed E-state index contributed by atoms with van der Waals surface area (Å²) in [5, 5.41) is 13.7. The van der Waals surface area contributed by atoms with E-state index >= 15 is 0 Å². The van der Waals surface area contributed by atoms with Gasteiger partial charge in [-0.25, -0.2) is 9.37 Å². The summed E-state index contributed by atoms with van der Waals surface area (Å²) in [6.07, 6.45) is 3.77. The first-order valence-electron chi connectivity index (χ1n) is 8.20. The Morgan fingerprint density at radius 3 is 2.85 bits per heavy atom. The van der Waals surface area contributed by atoms with Crippen LogP contribution in [0.2, 0.25) is 0 Å². The zero-order chi connectivity index (χ0) is 18.3. The standard InChI is InChI=1S/C18H17FN4O3/c1-22-14-6-12(18(24)25)9-23(15(14)7-21-22)10-17-20-8-16(26-17)11-2-4-13(19)5-3-11/h2-5,7-8,12H,6,9-10H2,1H3,(H,24,25). The number of aryl methyl sites for hydroxylation is 1. The molecule has 8 heteroatoms. The lowest BCUT2D eigenvalue weighted by molar-refractivity contribution is -0.141. The molecule has 0 bridgehead atoms. The zero-order valence-corrected chi connectivity index (χ0v) is 14.1. The Morgan fingerprint density at radius 1 is 1.35 bits per heavy atom. The number of fused-ring (bicyclic) bond motifs is 1. The second-order valence-corrected chi connectivity index (χ2v) is 6.35. The molecule has 0 spiro atoms. The molecule has 1 N–H and O–H groups in total. The van der Waals surface area contributed by atoms with E-state index in [1.54, 1.807) is 36.3 Å². The molecule has 4 rings (SSSR count). The molecule has 1 aliphatic rings. The first-order chi connectivity index (χ1) is 12.5. The first kappa shape index (κ1) is 16.3. The molecule has 0 saturated heterocycles. The van der Waals surface area contributed by atoms with Gasteiger partial charge >= 0.3 is 5.97 Å². The van der Waals surface area contributed by atoms with Crippen molar-refractivity contribution < 1.29 is 18.7 Å². The number of carboxylic acid groups (broad SMARTS) is 1. The number of carboxylic acids is 1. The lowest BCUT2D eigenvalue weighted by atomic mass is 9.97. The van der Waals surface area contributed by atoms with Gasteiger partial charge in [0.25, 0.3) is 0 Å². The maximum Gasteiger partial charge on any atom is 0.308 e. The third kappa shape index (κ3) is 2.94. The minimum Gasteiger partial charge on any atom is -0.481 e. The predicted octanol–water partition coefficient (Wildman–Crippen LogP) is 2.48. The predicted molar refractivity (Wildman–Crippen MR) is 91.0 cm³/mol. The molecular formula is C18H17FN4O3. The number of nitrogens with zero attached hydrogens (tertiary/aromatic N) is 4. The van der Waals surface area contributed by atoms with Gasteiger partial charge in [-0.2, -0.15) is 5.10 Å². The smallest absolute Gasteiger partial charge is 0.308 e. The van der Waals surface area contributed by atoms with Gasteiger partial charge in [0.1, 0.15) is 5.82 Å². The number of rotatable bonds is 4. The largest absolute Gasteiger partial charge is 0.481 e. The maximum atomic E-state index is 13.1. The van der Waals surface area contributed by atoms with Gasteiger partial charge in [-0.1, -0.05) is 0 Å². The van der Waals surface area contributed by atoms with Crippen LogP contribution in [0.25, 0.3) is 11.3 Å². The highest BCUT2D eigenvalue weighted by Crippen LogP contribution is 2.31. The molecule has 1 atom stereocenters. The number of anilines is 1. The second kappa shape index (κ2) is 6.29. The van der Waals surface area contributed by atoms with Gasteiger partial charge in [0, 0.05) is 25.6 Å². The molecule has 0 aliphatic carbocycles. The van der Waals surface area contributed by atoms with Gasteiger partial charge in [-0.3, -0.25) is 9.48 Å². The first-order valence-corrected chi connectivity index (χ1v) is 8.20. The summed E-state index contributed by atoms with van der Waals surface area (Å²) in [6.45, 7) is 0.700. The van der Waals surface area contributed by atoms with Crippen molar-refractivity contribution in [2.24, 2.45) is 13.0 Å². The van der Waals surface area contributed by atoms with E-state index in [9.17, 15) is 14.3 Å². The monoisotopic (exact) mass is 356 g/mol. The molecule has 0 fully saturated rings. The van der Waals surface area contributed by atoms with E-state index in [0.29, 0.717) is 31.2 Å². The summed E-state index contributed by atoms with van der Waals surface area (Å²) >= 11 is 0. The average Bonchev–Trinajstić information content (AvgIpc) is 3.23. The van der Waals surface area contributed by atoms with Crippen molar-refractivity contribution in [3.8, 4) is 11.3 Å². The summed E-state index contributed by atoms with van der Waals surface area (Å²) in [5.74, 6) is -0.653. The number of hydrogen-bond donors (Lipinski definition) is 1. The van der Waals surface area contributed by atoms with Crippen LogP contribution in [0.3, 0.4) is 0 Å². The maximum absolute atomic E-state index is 13.1. The number of halogens is 1. The van der Waals surface area contributed by atoms with Gasteiger partial charge in [-0.15, -0.1) is 0 Å². The molecular weight excluding hydrogens is 339 g/mol. The van der Waals surface area contributed by atoms with Gasteiger partial charge in [0.05, 0.1) is 36.2 Å². The lowest BCUT2D eigenvalue weighted by Crippen LogP contribution is -2.38. The van der Waals surface area contributed by atoms with E-state index < -0.39 is 11.9 Å². The third-order valence-corrected chi connectivity index (χ3v) is 4.62. The summed E-state index contributed by atoms with van der Waals surface area (Å²) in [5.41, 5.74) is 2.51. The molecule has 1 unspecified atom stereocenters. The number of oxazole rings is 1. The summed E-state index contributed by atoms with van der Waals surface area (Å²) in [6, 6.07) is 5.98. The van der Waals surface area contributed by atoms with E-state index in [1.807, 2.05) is 4.90 Å². The number of hydrogen-bond acceptors (Lipinski definition) is 5. The Labute approximate surface area is 148 Å². The van der Waals surface area contributed by atoms with Gasteiger partial charge in [0.2, 0.25) is 5.89 Å². The van der Waals surface area contributed by atoms with Crippen LogP contribution in [0.5, 0.6) is 0 Å². The minimum absolute atomic E-state index is 0.314. The normalized spacial score (nSPS) is 16.5. The SMILES string of the molecule is Cn1ncc2c1CC(C(=O)O)CN2Cc1ncc(-c2ccc(F)cc2)o1. The van der Waals surface area contributed by atoms with E-state index in [2.05, 4.69) is 10.1 Å². The molecule has 0 saturated carbocycles. The van der Waals surface area contributed by atoms with Crippen molar-refractivity contribution in [1.82, 2.24) is 14.8 Å². The van der Waals surface area contributed by atoms with E-state index in [1.165, 1.54) is 12.1 Å². The minimum atomic E-state index is -0.832. The number of carbonyl (C=O) groups is 1. The van der Waals surface area contributed by atoms with E-state index in [0.717, 1.165) is 16.9 Å². The van der Waals surface area contributed by atoms with Crippen molar-refractivity contribution in [2.45, 2.75) is 13.0 Å². The van der Waals surface area contributed by atoms with Crippen LogP contribution in [-0.2, 0) is 24.8 Å². The van der Waals surface area contributed by atoms with Crippen LogP contribution < -0.4 is 4.90 Å². The number of aromatic nitrogens is 3. The van der Waals surface area contributed by atoms with Gasteiger partial charge < -0.3 is 14.4 Å². The Hall–Kier alpha value is -3.16. The highest BCUT2D eigenvalue weighted by atomic mass is 19.1. The molecule has 1 aromatic carbocycles. The Kier molecular flexibility index (Phi) is 3.95. The van der Waals surface area contributed by atoms with Crippen molar-refractivity contribution in [3.05, 3.63) is 54.1 Å². The van der Waals surface area contributed by atoms with Crippen LogP contribution in [0, 0.1) is 11.7 Å². The second-order valence-electron chi connectivity index (χ2n) is 6.35. The number of benzene rings is 1. The third-order valence-electron chi connectivity index (χ3n) is 4.62. The highest BCUT2D eigenvalue weighted by molar-refractivity contribution is 5.73. The highest BCUT2D eigenvalue weighted by Gasteiger charge is 2.32. The van der Waals surface area contributed by atoms with Crippen molar-refractivity contribution in [3.63, 3.8) is 0 Å². The molecule has 0 radical (unpaired) electrons. The molecule has 2 aromatic heterocycles. The molecule has 134 valence electrons. The summed E-state index contributed by atoms with van der Waals surface area (Å²) in [7, 11) is 1.80. The Bertz CT molecular complexity index is 948. The number of aliphatic carboxylic acids is 1. The van der Waals surface area contributed by atoms with Crippen molar-refractivity contribution in [1.29, 1.82) is 0 Å². The zero-order valence-electron chi connectivity index (χ0n) is 14.1. The van der Waals surface area contributed by atoms with Crippen LogP contribution in [-0.4, -0.2) is 32.4 Å². The van der Waals surface area contributed by atoms with E-state index in [4.69, 9.17) is 4.42 Å². The topological polar surface area (TPSA) is 84.4 Å². The fourth-order valence-corrected chi connectivity index (χ4v) is 3.22. The average molecular weight is 356 g/mol. The lowest BCUT2D eigenvalue weighted by Gasteiger charge is -2.31. The molecule has 26 heavy (non-hydrogen) atoms. The summed E-state index contributed by atoms with van der Waals surface area (Å²) in [4.78, 5) is 17.7. The molecule has 1 aliphatic heterocycles. The van der Waals surface area contributed by atoms with E-state index in [-0.39, 0.29) is 5.82 Å². The van der Waals surface area contributed by atoms with Crippen LogP contribution in [0.15, 0.2) is 41.1 Å². The Balaban J connectivity index is 1.59. The fraction of sp³-hybridized carbons (Fsp3) is 0.278. The van der Waals surface area contributed by atoms with Crippen molar-refractivity contribution >= 4 is 11.7 Å². The summed E-state index contributed by atoms with van der Waals surface area (Å²) < 4.78 is 20.5.